The summed E-state index contributed by atoms with van der Waals surface area (Å²) in [5, 5.41) is 6.26. The summed E-state index contributed by atoms with van der Waals surface area (Å²) in [7, 11) is 0. The third kappa shape index (κ3) is 6.14. The molecule has 8 heteroatoms. The Morgan fingerprint density at radius 1 is 1.36 bits per heavy atom. The van der Waals surface area contributed by atoms with E-state index < -0.39 is 0 Å². The summed E-state index contributed by atoms with van der Waals surface area (Å²) in [5.41, 5.74) is 5.94. The lowest BCUT2D eigenvalue weighted by atomic mass is 10.4. The third-order valence-electron chi connectivity index (χ3n) is 2.61. The number of halogens is 2. The van der Waals surface area contributed by atoms with Crippen LogP contribution in [0.4, 0.5) is 0 Å². The summed E-state index contributed by atoms with van der Waals surface area (Å²) in [6.07, 6.45) is 0.713. The van der Waals surface area contributed by atoms with E-state index in [1.807, 2.05) is 24.3 Å². The van der Waals surface area contributed by atoms with E-state index in [1.54, 1.807) is 17.1 Å². The molecule has 120 valence electrons. The van der Waals surface area contributed by atoms with Gasteiger partial charge in [0.05, 0.1) is 5.01 Å². The number of carbonyl (C=O) groups excluding carboxylic acids is 1. The van der Waals surface area contributed by atoms with Crippen molar-refractivity contribution in [2.45, 2.75) is 11.3 Å². The predicted molar refractivity (Wildman–Crippen MR) is 96.6 cm³/mol. The highest BCUT2D eigenvalue weighted by Crippen LogP contribution is 2.19. The number of hydrogen-bond donors (Lipinski definition) is 2. The second-order valence-corrected chi connectivity index (χ2v) is 6.77. The normalized spacial score (nSPS) is 10.1. The largest absolute Gasteiger partial charge is 0.350 e. The smallest absolute Gasteiger partial charge is 0.270 e. The van der Waals surface area contributed by atoms with Gasteiger partial charge in [0.15, 0.2) is 0 Å². The van der Waals surface area contributed by atoms with Crippen molar-refractivity contribution in [3.8, 4) is 0 Å². The Balaban J connectivity index is 0.00000242. The highest BCUT2D eigenvalue weighted by Gasteiger charge is 2.09. The van der Waals surface area contributed by atoms with Gasteiger partial charge in [-0.25, -0.2) is 4.98 Å². The fraction of sp³-hybridized carbons (Fsp3) is 0.286. The zero-order valence-corrected chi connectivity index (χ0v) is 15.0. The van der Waals surface area contributed by atoms with Crippen LogP contribution in [0.1, 0.15) is 15.5 Å². The summed E-state index contributed by atoms with van der Waals surface area (Å²) in [6.45, 7) is 1.14. The molecule has 0 aliphatic carbocycles. The molecule has 0 bridgehead atoms. The van der Waals surface area contributed by atoms with Crippen LogP contribution >= 0.6 is 47.1 Å². The summed E-state index contributed by atoms with van der Waals surface area (Å²) in [4.78, 5) is 17.3. The zero-order chi connectivity index (χ0) is 15.1. The fourth-order valence-electron chi connectivity index (χ4n) is 1.61. The minimum Gasteiger partial charge on any atom is -0.350 e. The Hall–Kier alpha value is -0.790. The van der Waals surface area contributed by atoms with Crippen LogP contribution in [0, 0.1) is 0 Å². The van der Waals surface area contributed by atoms with Crippen molar-refractivity contribution in [2.75, 3.05) is 18.8 Å². The summed E-state index contributed by atoms with van der Waals surface area (Å²) < 4.78 is 0. The van der Waals surface area contributed by atoms with Crippen LogP contribution in [-0.4, -0.2) is 29.7 Å². The molecule has 1 aromatic carbocycles. The van der Waals surface area contributed by atoms with E-state index in [4.69, 9.17) is 17.3 Å². The molecule has 3 N–H and O–H groups in total. The van der Waals surface area contributed by atoms with Crippen LogP contribution in [0.15, 0.2) is 34.5 Å². The Morgan fingerprint density at radius 2 is 2.09 bits per heavy atom. The molecule has 0 aliphatic rings. The number of hydrogen-bond acceptors (Lipinski definition) is 5. The number of thioether (sulfide) groups is 1. The van der Waals surface area contributed by atoms with Gasteiger partial charge in [0.1, 0.15) is 5.69 Å². The highest BCUT2D eigenvalue weighted by atomic mass is 35.5. The van der Waals surface area contributed by atoms with Gasteiger partial charge >= 0.3 is 0 Å². The molecular formula is C14H17Cl2N3OS2. The Labute approximate surface area is 149 Å². The van der Waals surface area contributed by atoms with Crippen molar-refractivity contribution >= 4 is 53.0 Å². The molecule has 2 aromatic rings. The van der Waals surface area contributed by atoms with Gasteiger partial charge in [-0.2, -0.15) is 0 Å². The fourth-order valence-corrected chi connectivity index (χ4v) is 3.30. The van der Waals surface area contributed by atoms with Gasteiger partial charge in [-0.1, -0.05) is 11.6 Å². The molecule has 0 saturated heterocycles. The number of nitrogens with two attached hydrogens (primary N) is 1. The number of nitrogens with one attached hydrogen (secondary N) is 1. The number of rotatable bonds is 7. The summed E-state index contributed by atoms with van der Waals surface area (Å²) in [6, 6.07) is 7.65. The van der Waals surface area contributed by atoms with Crippen LogP contribution in [-0.2, 0) is 6.42 Å². The first-order valence-corrected chi connectivity index (χ1v) is 8.74. The maximum Gasteiger partial charge on any atom is 0.270 e. The van der Waals surface area contributed by atoms with E-state index in [2.05, 4.69) is 10.3 Å². The van der Waals surface area contributed by atoms with Crippen LogP contribution in [0.25, 0.3) is 0 Å². The lowest BCUT2D eigenvalue weighted by Crippen LogP contribution is -2.26. The molecule has 0 spiro atoms. The maximum atomic E-state index is 11.9. The summed E-state index contributed by atoms with van der Waals surface area (Å²) >= 11 is 8.97. The molecule has 0 radical (unpaired) electrons. The molecule has 0 saturated carbocycles. The molecule has 22 heavy (non-hydrogen) atoms. The first kappa shape index (κ1) is 19.3. The Morgan fingerprint density at radius 3 is 2.77 bits per heavy atom. The van der Waals surface area contributed by atoms with Crippen molar-refractivity contribution in [3.63, 3.8) is 0 Å². The van der Waals surface area contributed by atoms with E-state index >= 15 is 0 Å². The molecule has 1 amide bonds. The van der Waals surface area contributed by atoms with E-state index in [9.17, 15) is 4.79 Å². The minimum atomic E-state index is -0.133. The SMILES string of the molecule is Cl.NCCc1nc(C(=O)NCCSc2ccc(Cl)cc2)cs1. The number of nitrogens with zero attached hydrogens (tertiary/aromatic N) is 1. The summed E-state index contributed by atoms with van der Waals surface area (Å²) in [5.74, 6) is 0.666. The van der Waals surface area contributed by atoms with Gasteiger partial charge in [0, 0.05) is 34.0 Å². The van der Waals surface area contributed by atoms with E-state index in [0.717, 1.165) is 20.7 Å². The van der Waals surface area contributed by atoms with Gasteiger partial charge in [0.2, 0.25) is 0 Å². The highest BCUT2D eigenvalue weighted by molar-refractivity contribution is 7.99. The number of benzene rings is 1. The first-order valence-electron chi connectivity index (χ1n) is 6.50. The number of thiazole rings is 1. The quantitative estimate of drug-likeness (QED) is 0.573. The number of carbonyl (C=O) groups is 1. The second kappa shape index (κ2) is 10.1. The molecule has 1 heterocycles. The van der Waals surface area contributed by atoms with Crippen LogP contribution in [0.5, 0.6) is 0 Å². The van der Waals surface area contributed by atoms with Crippen molar-refractivity contribution in [2.24, 2.45) is 5.73 Å². The Bertz CT molecular complexity index is 590. The molecule has 0 aliphatic heterocycles. The topological polar surface area (TPSA) is 68.0 Å². The van der Waals surface area contributed by atoms with Gasteiger partial charge in [-0.3, -0.25) is 4.79 Å². The maximum absolute atomic E-state index is 11.9. The average Bonchev–Trinajstić information content (AvgIpc) is 2.94. The van der Waals surface area contributed by atoms with E-state index in [-0.39, 0.29) is 18.3 Å². The lowest BCUT2D eigenvalue weighted by molar-refractivity contribution is 0.0951. The molecule has 0 atom stereocenters. The van der Waals surface area contributed by atoms with Gasteiger partial charge < -0.3 is 11.1 Å². The molecule has 1 aromatic heterocycles. The molecule has 0 unspecified atom stereocenters. The van der Waals surface area contributed by atoms with Crippen LogP contribution < -0.4 is 11.1 Å². The van der Waals surface area contributed by atoms with Gasteiger partial charge in [-0.15, -0.1) is 35.5 Å². The van der Waals surface area contributed by atoms with Crippen molar-refractivity contribution < 1.29 is 4.79 Å². The monoisotopic (exact) mass is 377 g/mol. The number of aromatic nitrogens is 1. The standard InChI is InChI=1S/C14H16ClN3OS2.ClH/c15-10-1-3-11(4-2-10)20-8-7-17-14(19)12-9-21-13(18-12)5-6-16;/h1-4,9H,5-8,16H2,(H,17,19);1H. The Kier molecular flexibility index (Phi) is 8.82. The average molecular weight is 378 g/mol. The van der Waals surface area contributed by atoms with E-state index in [0.29, 0.717) is 25.2 Å². The predicted octanol–water partition coefficient (Wildman–Crippen LogP) is 3.24. The lowest BCUT2D eigenvalue weighted by Gasteiger charge is -2.03. The van der Waals surface area contributed by atoms with Crippen molar-refractivity contribution in [1.29, 1.82) is 0 Å². The number of amides is 1. The first-order chi connectivity index (χ1) is 10.2. The molecule has 0 fully saturated rings. The van der Waals surface area contributed by atoms with E-state index in [1.165, 1.54) is 11.3 Å². The molecular weight excluding hydrogens is 361 g/mol. The third-order valence-corrected chi connectivity index (χ3v) is 4.79. The zero-order valence-electron chi connectivity index (χ0n) is 11.8. The second-order valence-electron chi connectivity index (χ2n) is 4.22. The van der Waals surface area contributed by atoms with Crippen LogP contribution in [0.3, 0.4) is 0 Å². The van der Waals surface area contributed by atoms with Gasteiger partial charge in [0.25, 0.3) is 5.91 Å². The van der Waals surface area contributed by atoms with Gasteiger partial charge in [-0.05, 0) is 30.8 Å². The van der Waals surface area contributed by atoms with Crippen molar-refractivity contribution in [3.05, 3.63) is 45.4 Å². The van der Waals surface area contributed by atoms with Crippen LogP contribution in [0.2, 0.25) is 5.02 Å². The molecule has 4 nitrogen and oxygen atoms in total. The van der Waals surface area contributed by atoms with Crippen molar-refractivity contribution in [1.82, 2.24) is 10.3 Å². The minimum absolute atomic E-state index is 0. The molecule has 2 rings (SSSR count).